The molecule has 0 aliphatic heterocycles. The van der Waals surface area contributed by atoms with Crippen LogP contribution in [0, 0.1) is 12.3 Å². The molecule has 0 aliphatic carbocycles. The van der Waals surface area contributed by atoms with E-state index in [1.165, 1.54) is 13.1 Å². The molecule has 0 saturated heterocycles. The number of hydrogen-bond acceptors (Lipinski definition) is 3. The minimum Gasteiger partial charge on any atom is -0.446 e. The number of terminal acetylenes is 1. The third-order valence-electron chi connectivity index (χ3n) is 2.11. The second-order valence-electron chi connectivity index (χ2n) is 3.37. The average Bonchev–Trinajstić information content (AvgIpc) is 2.37. The number of benzene rings is 1. The quantitative estimate of drug-likeness (QED) is 0.628. The molecule has 0 aliphatic rings. The van der Waals surface area contributed by atoms with Crippen molar-refractivity contribution in [3.05, 3.63) is 35.4 Å². The highest BCUT2D eigenvalue weighted by Crippen LogP contribution is 2.08. The summed E-state index contributed by atoms with van der Waals surface area (Å²) >= 11 is 0. The van der Waals surface area contributed by atoms with Gasteiger partial charge in [-0.1, -0.05) is 12.0 Å². The van der Waals surface area contributed by atoms with Crippen LogP contribution in [0.25, 0.3) is 0 Å². The van der Waals surface area contributed by atoms with Crippen molar-refractivity contribution in [3.8, 4) is 12.3 Å². The Balaban J connectivity index is 2.89. The summed E-state index contributed by atoms with van der Waals surface area (Å²) in [5.74, 6) is 1.49. The second kappa shape index (κ2) is 5.71. The van der Waals surface area contributed by atoms with E-state index in [1.807, 2.05) is 0 Å². The predicted octanol–water partition coefficient (Wildman–Crippen LogP) is 1.22. The molecule has 88 valence electrons. The van der Waals surface area contributed by atoms with Crippen LogP contribution >= 0.6 is 0 Å². The van der Waals surface area contributed by atoms with Gasteiger partial charge in [0, 0.05) is 12.6 Å². The van der Waals surface area contributed by atoms with Crippen molar-refractivity contribution in [1.29, 1.82) is 0 Å². The van der Waals surface area contributed by atoms with Crippen molar-refractivity contribution >= 4 is 11.9 Å². The molecule has 1 unspecified atom stereocenters. The third-order valence-corrected chi connectivity index (χ3v) is 2.11. The lowest BCUT2D eigenvalue weighted by Crippen LogP contribution is -2.19. The zero-order chi connectivity index (χ0) is 12.8. The van der Waals surface area contributed by atoms with Gasteiger partial charge in [-0.05, 0) is 25.1 Å². The molecule has 0 spiro atoms. The first-order chi connectivity index (χ1) is 8.08. The lowest BCUT2D eigenvalue weighted by Gasteiger charge is -2.08. The summed E-state index contributed by atoms with van der Waals surface area (Å²) in [6, 6.07) is 6.25. The fourth-order valence-corrected chi connectivity index (χ4v) is 1.19. The van der Waals surface area contributed by atoms with E-state index in [0.717, 1.165) is 0 Å². The molecule has 1 amide bonds. The van der Waals surface area contributed by atoms with Crippen molar-refractivity contribution in [1.82, 2.24) is 5.32 Å². The van der Waals surface area contributed by atoms with E-state index in [9.17, 15) is 9.59 Å². The van der Waals surface area contributed by atoms with Crippen LogP contribution in [0.2, 0.25) is 0 Å². The maximum Gasteiger partial charge on any atom is 0.339 e. The van der Waals surface area contributed by atoms with Gasteiger partial charge in [-0.15, -0.1) is 6.42 Å². The Hall–Kier alpha value is -2.28. The number of carbonyl (C=O) groups excluding carboxylic acids is 2. The molecule has 1 N–H and O–H groups in total. The van der Waals surface area contributed by atoms with Crippen LogP contribution in [-0.4, -0.2) is 25.0 Å². The number of ether oxygens (including phenoxy) is 1. The predicted molar refractivity (Wildman–Crippen MR) is 63.5 cm³/mol. The third kappa shape index (κ3) is 3.35. The minimum atomic E-state index is -0.592. The van der Waals surface area contributed by atoms with Crippen LogP contribution in [-0.2, 0) is 4.74 Å². The first-order valence-corrected chi connectivity index (χ1v) is 5.07. The fraction of sp³-hybridized carbons (Fsp3) is 0.231. The van der Waals surface area contributed by atoms with E-state index >= 15 is 0 Å². The fourth-order valence-electron chi connectivity index (χ4n) is 1.19. The number of hydrogen-bond donors (Lipinski definition) is 1. The largest absolute Gasteiger partial charge is 0.446 e. The van der Waals surface area contributed by atoms with Crippen molar-refractivity contribution in [3.63, 3.8) is 0 Å². The summed E-state index contributed by atoms with van der Waals surface area (Å²) in [6.45, 7) is 1.60. The van der Waals surface area contributed by atoms with Crippen LogP contribution in [0.4, 0.5) is 0 Å². The number of carbonyl (C=O) groups is 2. The van der Waals surface area contributed by atoms with Gasteiger partial charge in [0.15, 0.2) is 6.10 Å². The first-order valence-electron chi connectivity index (χ1n) is 5.07. The molecular formula is C13H13NO3. The topological polar surface area (TPSA) is 55.4 Å². The Morgan fingerprint density at radius 2 is 2.06 bits per heavy atom. The lowest BCUT2D eigenvalue weighted by atomic mass is 10.1. The minimum absolute atomic E-state index is 0.260. The summed E-state index contributed by atoms with van der Waals surface area (Å²) in [5, 5.41) is 2.48. The summed E-state index contributed by atoms with van der Waals surface area (Å²) in [6.07, 6.45) is 4.52. The molecule has 4 nitrogen and oxygen atoms in total. The van der Waals surface area contributed by atoms with Crippen LogP contribution in [0.1, 0.15) is 27.6 Å². The number of amides is 1. The number of esters is 1. The Bertz CT molecular complexity index is 474. The van der Waals surface area contributed by atoms with Crippen LogP contribution < -0.4 is 5.32 Å². The van der Waals surface area contributed by atoms with Gasteiger partial charge in [0.2, 0.25) is 0 Å². The van der Waals surface area contributed by atoms with Gasteiger partial charge in [0.05, 0.1) is 5.56 Å². The Morgan fingerprint density at radius 3 is 2.65 bits per heavy atom. The highest BCUT2D eigenvalue weighted by molar-refractivity contribution is 5.97. The van der Waals surface area contributed by atoms with Gasteiger partial charge < -0.3 is 10.1 Å². The van der Waals surface area contributed by atoms with Crippen molar-refractivity contribution in [2.45, 2.75) is 13.0 Å². The van der Waals surface area contributed by atoms with E-state index in [1.54, 1.807) is 25.1 Å². The molecule has 1 aromatic rings. The normalized spacial score (nSPS) is 11.1. The second-order valence-corrected chi connectivity index (χ2v) is 3.37. The van der Waals surface area contributed by atoms with Crippen molar-refractivity contribution in [2.75, 3.05) is 7.05 Å². The van der Waals surface area contributed by atoms with E-state index < -0.39 is 12.1 Å². The van der Waals surface area contributed by atoms with Gasteiger partial charge in [-0.25, -0.2) is 4.79 Å². The van der Waals surface area contributed by atoms with E-state index in [0.29, 0.717) is 11.1 Å². The van der Waals surface area contributed by atoms with Crippen molar-refractivity contribution in [2.24, 2.45) is 0 Å². The lowest BCUT2D eigenvalue weighted by molar-refractivity contribution is 0.0439. The van der Waals surface area contributed by atoms with Gasteiger partial charge in [0.1, 0.15) is 0 Å². The zero-order valence-corrected chi connectivity index (χ0v) is 9.69. The molecule has 1 aromatic carbocycles. The summed E-state index contributed by atoms with van der Waals surface area (Å²) in [5.41, 5.74) is 0.698. The van der Waals surface area contributed by atoms with Crippen LogP contribution in [0.5, 0.6) is 0 Å². The molecule has 1 atom stereocenters. The Kier molecular flexibility index (Phi) is 4.29. The Morgan fingerprint density at radius 1 is 1.41 bits per heavy atom. The van der Waals surface area contributed by atoms with E-state index in [-0.39, 0.29) is 5.91 Å². The van der Waals surface area contributed by atoms with Gasteiger partial charge in [-0.2, -0.15) is 0 Å². The number of rotatable bonds is 3. The highest BCUT2D eigenvalue weighted by Gasteiger charge is 2.12. The molecule has 4 heteroatoms. The molecule has 1 rings (SSSR count). The van der Waals surface area contributed by atoms with Gasteiger partial charge in [0.25, 0.3) is 5.91 Å². The monoisotopic (exact) mass is 231 g/mol. The van der Waals surface area contributed by atoms with Gasteiger partial charge in [-0.3, -0.25) is 4.79 Å². The SMILES string of the molecule is C#CC(C)OC(=O)c1cccc(C(=O)NC)c1. The van der Waals surface area contributed by atoms with Crippen LogP contribution in [0.3, 0.4) is 0 Å². The molecule has 0 saturated carbocycles. The number of nitrogens with one attached hydrogen (secondary N) is 1. The molecule has 0 bridgehead atoms. The molecule has 17 heavy (non-hydrogen) atoms. The van der Waals surface area contributed by atoms with Gasteiger partial charge >= 0.3 is 5.97 Å². The Labute approximate surface area is 100.0 Å². The zero-order valence-electron chi connectivity index (χ0n) is 9.69. The molecule has 0 radical (unpaired) electrons. The molecular weight excluding hydrogens is 218 g/mol. The summed E-state index contributed by atoms with van der Waals surface area (Å²) in [4.78, 5) is 23.0. The average molecular weight is 231 g/mol. The maximum absolute atomic E-state index is 11.6. The molecule has 0 heterocycles. The summed E-state index contributed by atoms with van der Waals surface area (Å²) < 4.78 is 4.95. The highest BCUT2D eigenvalue weighted by atomic mass is 16.5. The maximum atomic E-state index is 11.6. The van der Waals surface area contributed by atoms with Crippen molar-refractivity contribution < 1.29 is 14.3 Å². The molecule has 0 aromatic heterocycles. The standard InChI is InChI=1S/C13H13NO3/c1-4-9(2)17-13(16)11-7-5-6-10(8-11)12(15)14-3/h1,5-9H,2-3H3,(H,14,15). The smallest absolute Gasteiger partial charge is 0.339 e. The molecule has 0 fully saturated rings. The van der Waals surface area contributed by atoms with Crippen LogP contribution in [0.15, 0.2) is 24.3 Å². The van der Waals surface area contributed by atoms with E-state index in [2.05, 4.69) is 11.2 Å². The summed E-state index contributed by atoms with van der Waals surface area (Å²) in [7, 11) is 1.52. The first kappa shape index (κ1) is 12.8. The van der Waals surface area contributed by atoms with E-state index in [4.69, 9.17) is 11.2 Å².